The summed E-state index contributed by atoms with van der Waals surface area (Å²) in [6.07, 6.45) is 3.53. The van der Waals surface area contributed by atoms with Crippen molar-refractivity contribution < 1.29 is 4.74 Å². The van der Waals surface area contributed by atoms with Crippen LogP contribution in [-0.4, -0.2) is 12.1 Å². The molecule has 2 N–H and O–H groups in total. The van der Waals surface area contributed by atoms with E-state index < -0.39 is 0 Å². The number of benzene rings is 1. The Kier molecular flexibility index (Phi) is 2.96. The molecule has 0 spiro atoms. The number of fused-ring (bicyclic) bond motifs is 1. The summed E-state index contributed by atoms with van der Waals surface area (Å²) in [5.74, 6) is 1.06. The molecule has 2 nitrogen and oxygen atoms in total. The number of hydrogen-bond donors (Lipinski definition) is 1. The Hall–Kier alpha value is -1.02. The van der Waals surface area contributed by atoms with Crippen molar-refractivity contribution in [3.63, 3.8) is 0 Å². The highest BCUT2D eigenvalue weighted by Crippen LogP contribution is 2.28. The lowest BCUT2D eigenvalue weighted by Crippen LogP contribution is -2.20. The van der Waals surface area contributed by atoms with Crippen LogP contribution >= 0.6 is 0 Å². The highest BCUT2D eigenvalue weighted by Gasteiger charge is 2.16. The molecule has 2 unspecified atom stereocenters. The number of rotatable bonds is 2. The molecule has 0 bridgehead atoms. The van der Waals surface area contributed by atoms with E-state index in [-0.39, 0.29) is 6.04 Å². The molecule has 0 radical (unpaired) electrons. The lowest BCUT2D eigenvalue weighted by molar-refractivity contribution is 0.192. The number of ether oxygens (including phenoxy) is 1. The Morgan fingerprint density at radius 2 is 2.33 bits per heavy atom. The zero-order valence-electron chi connectivity index (χ0n) is 9.49. The van der Waals surface area contributed by atoms with Crippen molar-refractivity contribution >= 4 is 0 Å². The zero-order valence-corrected chi connectivity index (χ0v) is 9.49. The van der Waals surface area contributed by atoms with Crippen molar-refractivity contribution in [3.05, 3.63) is 29.3 Å². The Balaban J connectivity index is 2.20. The lowest BCUT2D eigenvalue weighted by atomic mass is 9.99. The molecule has 0 aliphatic carbocycles. The van der Waals surface area contributed by atoms with Crippen molar-refractivity contribution in [1.82, 2.24) is 0 Å². The van der Waals surface area contributed by atoms with Gasteiger partial charge in [-0.05, 0) is 50.3 Å². The van der Waals surface area contributed by atoms with Crippen molar-refractivity contribution in [2.45, 2.75) is 45.3 Å². The maximum absolute atomic E-state index is 5.81. The Bertz CT molecular complexity index is 346. The van der Waals surface area contributed by atoms with E-state index in [9.17, 15) is 0 Å². The van der Waals surface area contributed by atoms with E-state index in [1.165, 1.54) is 11.1 Å². The smallest absolute Gasteiger partial charge is 0.123 e. The molecule has 0 fully saturated rings. The number of hydrogen-bond acceptors (Lipinski definition) is 2. The summed E-state index contributed by atoms with van der Waals surface area (Å²) in [6.45, 7) is 4.16. The monoisotopic (exact) mass is 205 g/mol. The Morgan fingerprint density at radius 3 is 3.07 bits per heavy atom. The molecule has 0 saturated carbocycles. The zero-order chi connectivity index (χ0) is 10.8. The molecule has 2 heteroatoms. The summed E-state index contributed by atoms with van der Waals surface area (Å²) in [7, 11) is 0. The second kappa shape index (κ2) is 4.23. The van der Waals surface area contributed by atoms with E-state index in [0.717, 1.165) is 25.0 Å². The normalized spacial score (nSPS) is 21.7. The van der Waals surface area contributed by atoms with Gasteiger partial charge in [-0.1, -0.05) is 12.1 Å². The first-order valence-corrected chi connectivity index (χ1v) is 5.69. The van der Waals surface area contributed by atoms with Crippen LogP contribution in [0.25, 0.3) is 0 Å². The molecule has 0 saturated heterocycles. The molecule has 1 aliphatic heterocycles. The third-order valence-corrected chi connectivity index (χ3v) is 2.84. The number of nitrogens with two attached hydrogens (primary N) is 1. The van der Waals surface area contributed by atoms with Gasteiger partial charge >= 0.3 is 0 Å². The maximum atomic E-state index is 5.81. The minimum Gasteiger partial charge on any atom is -0.490 e. The third-order valence-electron chi connectivity index (χ3n) is 2.84. The van der Waals surface area contributed by atoms with Crippen molar-refractivity contribution in [2.75, 3.05) is 0 Å². The molecule has 2 rings (SSSR count). The number of aryl methyl sites for hydroxylation is 1. The van der Waals surface area contributed by atoms with Gasteiger partial charge in [-0.25, -0.2) is 0 Å². The van der Waals surface area contributed by atoms with Crippen LogP contribution in [-0.2, 0) is 12.8 Å². The molecule has 82 valence electrons. The summed E-state index contributed by atoms with van der Waals surface area (Å²) in [5, 5.41) is 0. The van der Waals surface area contributed by atoms with Gasteiger partial charge in [0, 0.05) is 6.04 Å². The molecule has 1 aromatic carbocycles. The van der Waals surface area contributed by atoms with E-state index in [2.05, 4.69) is 25.1 Å². The summed E-state index contributed by atoms with van der Waals surface area (Å²) in [5.41, 5.74) is 8.40. The van der Waals surface area contributed by atoms with Crippen LogP contribution in [0.15, 0.2) is 18.2 Å². The minimum absolute atomic E-state index is 0.212. The first-order valence-electron chi connectivity index (χ1n) is 5.69. The highest BCUT2D eigenvalue weighted by atomic mass is 16.5. The van der Waals surface area contributed by atoms with Crippen LogP contribution in [0.2, 0.25) is 0 Å². The fourth-order valence-corrected chi connectivity index (χ4v) is 2.05. The molecule has 1 heterocycles. The topological polar surface area (TPSA) is 35.2 Å². The molecule has 15 heavy (non-hydrogen) atoms. The van der Waals surface area contributed by atoms with Gasteiger partial charge < -0.3 is 10.5 Å². The van der Waals surface area contributed by atoms with E-state index in [0.29, 0.717) is 6.10 Å². The van der Waals surface area contributed by atoms with Gasteiger partial charge in [0.25, 0.3) is 0 Å². The maximum Gasteiger partial charge on any atom is 0.123 e. The summed E-state index contributed by atoms with van der Waals surface area (Å²) >= 11 is 0. The fraction of sp³-hybridized carbons (Fsp3) is 0.538. The van der Waals surface area contributed by atoms with E-state index in [4.69, 9.17) is 10.5 Å². The van der Waals surface area contributed by atoms with E-state index in [1.807, 2.05) is 6.92 Å². The van der Waals surface area contributed by atoms with Gasteiger partial charge in [-0.2, -0.15) is 0 Å². The van der Waals surface area contributed by atoms with Crippen LogP contribution in [0.5, 0.6) is 5.75 Å². The van der Waals surface area contributed by atoms with Crippen molar-refractivity contribution in [3.8, 4) is 5.75 Å². The van der Waals surface area contributed by atoms with E-state index >= 15 is 0 Å². The fourth-order valence-electron chi connectivity index (χ4n) is 2.05. The van der Waals surface area contributed by atoms with Crippen molar-refractivity contribution in [1.29, 1.82) is 0 Å². The quantitative estimate of drug-likeness (QED) is 0.804. The molecule has 1 aliphatic rings. The average Bonchev–Trinajstić information content (AvgIpc) is 2.16. The molecule has 2 atom stereocenters. The van der Waals surface area contributed by atoms with E-state index in [1.54, 1.807) is 0 Å². The first kappa shape index (κ1) is 10.5. The Labute approximate surface area is 91.4 Å². The molecular weight excluding hydrogens is 186 g/mol. The van der Waals surface area contributed by atoms with Crippen LogP contribution in [0.3, 0.4) is 0 Å². The Morgan fingerprint density at radius 1 is 1.53 bits per heavy atom. The molecule has 1 aromatic rings. The molecule has 0 amide bonds. The van der Waals surface area contributed by atoms with Crippen molar-refractivity contribution in [2.24, 2.45) is 5.73 Å². The average molecular weight is 205 g/mol. The highest BCUT2D eigenvalue weighted by molar-refractivity contribution is 5.39. The predicted molar refractivity (Wildman–Crippen MR) is 62.2 cm³/mol. The van der Waals surface area contributed by atoms with Gasteiger partial charge in [0.05, 0.1) is 6.10 Å². The van der Waals surface area contributed by atoms with Gasteiger partial charge in [0.15, 0.2) is 0 Å². The van der Waals surface area contributed by atoms with Gasteiger partial charge in [-0.15, -0.1) is 0 Å². The van der Waals surface area contributed by atoms with Crippen LogP contribution in [0.1, 0.15) is 31.4 Å². The molecular formula is C13H19NO. The summed E-state index contributed by atoms with van der Waals surface area (Å²) < 4.78 is 5.81. The first-order chi connectivity index (χ1) is 7.15. The van der Waals surface area contributed by atoms with Gasteiger partial charge in [0.1, 0.15) is 5.75 Å². The SMILES string of the molecule is CC(N)Cc1ccc2c(c1)OC(C)CC2. The largest absolute Gasteiger partial charge is 0.490 e. The van der Waals surface area contributed by atoms with Crippen LogP contribution < -0.4 is 10.5 Å². The van der Waals surface area contributed by atoms with Crippen LogP contribution in [0, 0.1) is 0 Å². The molecule has 0 aromatic heterocycles. The lowest BCUT2D eigenvalue weighted by Gasteiger charge is -2.23. The summed E-state index contributed by atoms with van der Waals surface area (Å²) in [6, 6.07) is 6.71. The van der Waals surface area contributed by atoms with Gasteiger partial charge in [-0.3, -0.25) is 0 Å². The minimum atomic E-state index is 0.212. The second-order valence-electron chi connectivity index (χ2n) is 4.59. The third kappa shape index (κ3) is 2.51. The predicted octanol–water partition coefficient (Wildman–Crippen LogP) is 2.29. The summed E-state index contributed by atoms with van der Waals surface area (Å²) in [4.78, 5) is 0. The standard InChI is InChI=1S/C13H19NO/c1-9(14)7-11-4-6-12-5-3-10(2)15-13(12)8-11/h4,6,8-10H,3,5,7,14H2,1-2H3. The van der Waals surface area contributed by atoms with Crippen LogP contribution in [0.4, 0.5) is 0 Å². The van der Waals surface area contributed by atoms with Gasteiger partial charge in [0.2, 0.25) is 0 Å². The second-order valence-corrected chi connectivity index (χ2v) is 4.59.